The Labute approximate surface area is 153 Å². The number of carbonyl (C=O) groups is 1. The summed E-state index contributed by atoms with van der Waals surface area (Å²) in [6.45, 7) is 0.732. The standard InChI is InChI=1S/C22H20O4/c1-24-22-20(25-15-17-8-4-2-5-9-17)13-12-19(14-23)21(22)26-16-18-10-6-3-7-11-18/h2-14H,15-16H2,1H3. The summed E-state index contributed by atoms with van der Waals surface area (Å²) in [6, 6.07) is 23.0. The van der Waals surface area contributed by atoms with Crippen molar-refractivity contribution in [2.24, 2.45) is 0 Å². The molecule has 4 heteroatoms. The predicted molar refractivity (Wildman–Crippen MR) is 99.9 cm³/mol. The normalized spacial score (nSPS) is 10.2. The van der Waals surface area contributed by atoms with Crippen molar-refractivity contribution < 1.29 is 19.0 Å². The first-order chi connectivity index (χ1) is 12.8. The summed E-state index contributed by atoms with van der Waals surface area (Å²) >= 11 is 0. The maximum absolute atomic E-state index is 11.4. The molecule has 0 atom stereocenters. The van der Waals surface area contributed by atoms with E-state index in [2.05, 4.69) is 0 Å². The molecule has 0 saturated carbocycles. The van der Waals surface area contributed by atoms with Gasteiger partial charge < -0.3 is 14.2 Å². The third kappa shape index (κ3) is 4.22. The van der Waals surface area contributed by atoms with Crippen LogP contribution in [0.2, 0.25) is 0 Å². The molecule has 3 aromatic rings. The van der Waals surface area contributed by atoms with E-state index in [-0.39, 0.29) is 0 Å². The van der Waals surface area contributed by atoms with Crippen molar-refractivity contribution in [1.29, 1.82) is 0 Å². The lowest BCUT2D eigenvalue weighted by Gasteiger charge is -2.17. The second-order valence-electron chi connectivity index (χ2n) is 5.68. The molecule has 26 heavy (non-hydrogen) atoms. The van der Waals surface area contributed by atoms with Crippen LogP contribution in [0.3, 0.4) is 0 Å². The zero-order valence-corrected chi connectivity index (χ0v) is 14.6. The monoisotopic (exact) mass is 348 g/mol. The molecule has 0 aromatic heterocycles. The molecule has 0 spiro atoms. The molecule has 0 fully saturated rings. The number of carbonyl (C=O) groups excluding carboxylic acids is 1. The predicted octanol–water partition coefficient (Wildman–Crippen LogP) is 4.67. The van der Waals surface area contributed by atoms with Crippen LogP contribution in [0.15, 0.2) is 72.8 Å². The molecule has 0 heterocycles. The summed E-state index contributed by atoms with van der Waals surface area (Å²) in [5.41, 5.74) is 2.47. The zero-order valence-electron chi connectivity index (χ0n) is 14.6. The van der Waals surface area contributed by atoms with Gasteiger partial charge in [0.15, 0.2) is 17.8 Å². The molecule has 0 radical (unpaired) electrons. The van der Waals surface area contributed by atoms with Crippen LogP contribution in [-0.4, -0.2) is 13.4 Å². The van der Waals surface area contributed by atoms with E-state index in [0.29, 0.717) is 36.0 Å². The largest absolute Gasteiger partial charge is 0.490 e. The van der Waals surface area contributed by atoms with E-state index in [0.717, 1.165) is 17.4 Å². The highest BCUT2D eigenvalue weighted by atomic mass is 16.5. The van der Waals surface area contributed by atoms with Crippen molar-refractivity contribution in [3.8, 4) is 17.2 Å². The summed E-state index contributed by atoms with van der Waals surface area (Å²) in [5.74, 6) is 1.34. The second-order valence-corrected chi connectivity index (χ2v) is 5.68. The Kier molecular flexibility index (Phi) is 5.88. The van der Waals surface area contributed by atoms with Gasteiger partial charge in [-0.05, 0) is 23.3 Å². The van der Waals surface area contributed by atoms with Crippen molar-refractivity contribution in [2.45, 2.75) is 13.2 Å². The van der Waals surface area contributed by atoms with Crippen LogP contribution in [0, 0.1) is 0 Å². The molecule has 3 rings (SSSR count). The number of hydrogen-bond donors (Lipinski definition) is 0. The van der Waals surface area contributed by atoms with E-state index in [1.165, 1.54) is 7.11 Å². The van der Waals surface area contributed by atoms with E-state index in [1.54, 1.807) is 12.1 Å². The van der Waals surface area contributed by atoms with Gasteiger partial charge in [0.25, 0.3) is 0 Å². The van der Waals surface area contributed by atoms with Gasteiger partial charge in [-0.2, -0.15) is 0 Å². The van der Waals surface area contributed by atoms with Crippen molar-refractivity contribution in [3.63, 3.8) is 0 Å². The molecule has 0 bridgehead atoms. The lowest BCUT2D eigenvalue weighted by molar-refractivity contribution is 0.111. The number of benzene rings is 3. The topological polar surface area (TPSA) is 44.8 Å². The first-order valence-electron chi connectivity index (χ1n) is 8.31. The van der Waals surface area contributed by atoms with Gasteiger partial charge in [0.2, 0.25) is 5.75 Å². The molecule has 3 aromatic carbocycles. The smallest absolute Gasteiger partial charge is 0.204 e. The quantitative estimate of drug-likeness (QED) is 0.555. The number of rotatable bonds is 8. The molecule has 4 nitrogen and oxygen atoms in total. The highest BCUT2D eigenvalue weighted by Crippen LogP contribution is 2.40. The van der Waals surface area contributed by atoms with Crippen LogP contribution >= 0.6 is 0 Å². The van der Waals surface area contributed by atoms with Gasteiger partial charge in [0.1, 0.15) is 13.2 Å². The van der Waals surface area contributed by atoms with Gasteiger partial charge in [-0.15, -0.1) is 0 Å². The van der Waals surface area contributed by atoms with Crippen LogP contribution in [0.4, 0.5) is 0 Å². The first kappa shape index (κ1) is 17.5. The first-order valence-corrected chi connectivity index (χ1v) is 8.31. The fraction of sp³-hybridized carbons (Fsp3) is 0.136. The Hall–Kier alpha value is -3.27. The fourth-order valence-corrected chi connectivity index (χ4v) is 2.57. The zero-order chi connectivity index (χ0) is 18.2. The van der Waals surface area contributed by atoms with Crippen LogP contribution in [-0.2, 0) is 13.2 Å². The highest BCUT2D eigenvalue weighted by Gasteiger charge is 2.17. The van der Waals surface area contributed by atoms with E-state index in [4.69, 9.17) is 14.2 Å². The minimum atomic E-state index is 0.334. The van der Waals surface area contributed by atoms with E-state index in [9.17, 15) is 4.79 Å². The van der Waals surface area contributed by atoms with Gasteiger partial charge in [-0.25, -0.2) is 0 Å². The molecule has 0 saturated heterocycles. The molecule has 0 aliphatic rings. The van der Waals surface area contributed by atoms with Crippen LogP contribution in [0.5, 0.6) is 17.2 Å². The highest BCUT2D eigenvalue weighted by molar-refractivity contribution is 5.82. The molecular formula is C22H20O4. The molecular weight excluding hydrogens is 328 g/mol. The van der Waals surface area contributed by atoms with Crippen molar-refractivity contribution >= 4 is 6.29 Å². The number of hydrogen-bond acceptors (Lipinski definition) is 4. The molecule has 0 aliphatic heterocycles. The van der Waals surface area contributed by atoms with Crippen molar-refractivity contribution in [1.82, 2.24) is 0 Å². The number of aldehydes is 1. The van der Waals surface area contributed by atoms with Crippen LogP contribution in [0.25, 0.3) is 0 Å². The Morgan fingerprint density at radius 1 is 0.731 bits per heavy atom. The van der Waals surface area contributed by atoms with E-state index < -0.39 is 0 Å². The summed E-state index contributed by atoms with van der Waals surface area (Å²) in [5, 5.41) is 0. The summed E-state index contributed by atoms with van der Waals surface area (Å²) in [6.07, 6.45) is 0.754. The van der Waals surface area contributed by atoms with Gasteiger partial charge in [0, 0.05) is 0 Å². The molecule has 0 aliphatic carbocycles. The van der Waals surface area contributed by atoms with Crippen molar-refractivity contribution in [2.75, 3.05) is 7.11 Å². The minimum Gasteiger partial charge on any atom is -0.490 e. The molecule has 0 unspecified atom stereocenters. The average molecular weight is 348 g/mol. The van der Waals surface area contributed by atoms with Gasteiger partial charge in [-0.1, -0.05) is 60.7 Å². The van der Waals surface area contributed by atoms with E-state index >= 15 is 0 Å². The third-order valence-corrected chi connectivity index (χ3v) is 3.90. The Morgan fingerprint density at radius 2 is 1.31 bits per heavy atom. The number of methoxy groups -OCH3 is 1. The average Bonchev–Trinajstić information content (AvgIpc) is 2.71. The lowest BCUT2D eigenvalue weighted by atomic mass is 10.1. The SMILES string of the molecule is COc1c(OCc2ccccc2)ccc(C=O)c1OCc1ccccc1. The Morgan fingerprint density at radius 3 is 1.85 bits per heavy atom. The van der Waals surface area contributed by atoms with Crippen molar-refractivity contribution in [3.05, 3.63) is 89.5 Å². The second kappa shape index (κ2) is 8.72. The maximum atomic E-state index is 11.4. The molecule has 0 N–H and O–H groups in total. The Balaban J connectivity index is 1.82. The molecule has 132 valence electrons. The summed E-state index contributed by atoms with van der Waals surface area (Å²) < 4.78 is 17.3. The van der Waals surface area contributed by atoms with E-state index in [1.807, 2.05) is 60.7 Å². The lowest BCUT2D eigenvalue weighted by Crippen LogP contribution is -2.03. The minimum absolute atomic E-state index is 0.334. The summed E-state index contributed by atoms with van der Waals surface area (Å²) in [4.78, 5) is 11.4. The molecule has 0 amide bonds. The van der Waals surface area contributed by atoms with Gasteiger partial charge >= 0.3 is 0 Å². The van der Waals surface area contributed by atoms with Crippen LogP contribution < -0.4 is 14.2 Å². The Bertz CT molecular complexity index is 845. The fourth-order valence-electron chi connectivity index (χ4n) is 2.57. The van der Waals surface area contributed by atoms with Gasteiger partial charge in [0.05, 0.1) is 12.7 Å². The van der Waals surface area contributed by atoms with Crippen LogP contribution in [0.1, 0.15) is 21.5 Å². The third-order valence-electron chi connectivity index (χ3n) is 3.90. The van der Waals surface area contributed by atoms with Gasteiger partial charge in [-0.3, -0.25) is 4.79 Å². The maximum Gasteiger partial charge on any atom is 0.204 e. The summed E-state index contributed by atoms with van der Waals surface area (Å²) in [7, 11) is 1.54. The number of ether oxygens (including phenoxy) is 3.